The van der Waals surface area contributed by atoms with Gasteiger partial charge in [0.15, 0.2) is 0 Å². The molecule has 0 spiro atoms. The topological polar surface area (TPSA) is 62.1 Å². The maximum atomic E-state index is 13.5. The highest BCUT2D eigenvalue weighted by Crippen LogP contribution is 2.32. The number of nitrogens with two attached hydrogens (primary N) is 1. The van der Waals surface area contributed by atoms with Crippen molar-refractivity contribution in [3.63, 3.8) is 0 Å². The Hall–Kier alpha value is -3.67. The molecule has 3 unspecified atom stereocenters. The third-order valence-electron chi connectivity index (χ3n) is 5.92. The van der Waals surface area contributed by atoms with Gasteiger partial charge in [-0.25, -0.2) is 4.39 Å². The molecule has 0 saturated carbocycles. The first-order chi connectivity index (χ1) is 18.5. The molecule has 5 N–H and O–H groups in total. The van der Waals surface area contributed by atoms with Crippen molar-refractivity contribution < 1.29 is 4.39 Å². The minimum atomic E-state index is -0.334. The zero-order valence-electron chi connectivity index (χ0n) is 24.7. The Morgan fingerprint density at radius 2 is 1.38 bits per heavy atom. The second-order valence-corrected chi connectivity index (χ2v) is 9.79. The lowest BCUT2D eigenvalue weighted by Crippen LogP contribution is -2.38. The average molecular weight is 531 g/mol. The Morgan fingerprint density at radius 3 is 1.79 bits per heavy atom. The third-order valence-corrected chi connectivity index (χ3v) is 5.92. The van der Waals surface area contributed by atoms with Gasteiger partial charge in [-0.05, 0) is 77.1 Å². The number of benzene rings is 3. The van der Waals surface area contributed by atoms with Crippen molar-refractivity contribution in [2.45, 2.75) is 52.6 Å². The van der Waals surface area contributed by atoms with Crippen LogP contribution in [0.3, 0.4) is 0 Å². The molecular weight excluding hydrogens is 483 g/mol. The molecule has 0 aliphatic rings. The largest absolute Gasteiger partial charge is 0.375 e. The SMILES string of the molecule is C=C(C)C.C=CC(N)C(/C(=C(\NC)Nc1ccc(C)cc1)C(C)NC)c1ccc(F)cc1.Cc1ccccc1. The molecule has 4 nitrogen and oxygen atoms in total. The summed E-state index contributed by atoms with van der Waals surface area (Å²) in [5.74, 6) is 0.409. The third kappa shape index (κ3) is 12.2. The Morgan fingerprint density at radius 1 is 0.872 bits per heavy atom. The second-order valence-electron chi connectivity index (χ2n) is 9.79. The molecule has 0 aliphatic heterocycles. The van der Waals surface area contributed by atoms with Gasteiger partial charge in [-0.1, -0.05) is 77.4 Å². The van der Waals surface area contributed by atoms with Gasteiger partial charge < -0.3 is 21.7 Å². The predicted octanol–water partition coefficient (Wildman–Crippen LogP) is 7.46. The lowest BCUT2D eigenvalue weighted by molar-refractivity contribution is 0.572. The normalized spacial score (nSPS) is 13.2. The van der Waals surface area contributed by atoms with Crippen molar-refractivity contribution in [3.8, 4) is 0 Å². The number of allylic oxidation sites excluding steroid dienone is 1. The quantitative estimate of drug-likeness (QED) is 0.217. The summed E-state index contributed by atoms with van der Waals surface area (Å²) >= 11 is 0. The van der Waals surface area contributed by atoms with Crippen LogP contribution in [0.2, 0.25) is 0 Å². The average Bonchev–Trinajstić information content (AvgIpc) is 2.92. The molecule has 0 saturated heterocycles. The van der Waals surface area contributed by atoms with E-state index in [4.69, 9.17) is 5.73 Å². The van der Waals surface area contributed by atoms with Crippen LogP contribution in [0.25, 0.3) is 0 Å². The van der Waals surface area contributed by atoms with E-state index in [-0.39, 0.29) is 23.8 Å². The van der Waals surface area contributed by atoms with Crippen LogP contribution in [0.5, 0.6) is 0 Å². The Kier molecular flexibility index (Phi) is 15.2. The van der Waals surface area contributed by atoms with E-state index in [0.29, 0.717) is 0 Å². The number of aryl methyl sites for hydroxylation is 2. The van der Waals surface area contributed by atoms with Crippen LogP contribution in [0.4, 0.5) is 10.1 Å². The number of hydrogen-bond donors (Lipinski definition) is 4. The van der Waals surface area contributed by atoms with E-state index < -0.39 is 0 Å². The van der Waals surface area contributed by atoms with Crippen LogP contribution in [0.15, 0.2) is 115 Å². The summed E-state index contributed by atoms with van der Waals surface area (Å²) < 4.78 is 13.5. The maximum absolute atomic E-state index is 13.5. The standard InChI is InChI=1S/C23H31FN4.C7H8.C4H8/c1-6-20(25)22(17-9-11-18(24)12-10-17)21(16(3)26-4)23(27-5)28-19-13-7-15(2)8-14-19;1-7-5-3-2-4-6-7;1-4(2)3/h6-14,16,20,22,26-28H,1,25H2,2-5H3;2-6H,1H3;1H2,2-3H3/b23-21+;;. The molecule has 3 rings (SSSR count). The molecule has 0 aromatic heterocycles. The molecule has 0 amide bonds. The van der Waals surface area contributed by atoms with Crippen LogP contribution < -0.4 is 21.7 Å². The fourth-order valence-corrected chi connectivity index (χ4v) is 3.81. The summed E-state index contributed by atoms with van der Waals surface area (Å²) in [4.78, 5) is 0. The minimum Gasteiger partial charge on any atom is -0.375 e. The van der Waals surface area contributed by atoms with Gasteiger partial charge in [-0.2, -0.15) is 0 Å². The molecule has 0 radical (unpaired) electrons. The zero-order valence-corrected chi connectivity index (χ0v) is 24.7. The van der Waals surface area contributed by atoms with E-state index in [1.54, 1.807) is 18.2 Å². The van der Waals surface area contributed by atoms with Crippen molar-refractivity contribution >= 4 is 5.69 Å². The van der Waals surface area contributed by atoms with Crippen molar-refractivity contribution in [3.05, 3.63) is 138 Å². The summed E-state index contributed by atoms with van der Waals surface area (Å²) in [7, 11) is 3.78. The van der Waals surface area contributed by atoms with Crippen LogP contribution in [-0.4, -0.2) is 26.2 Å². The molecule has 3 aromatic carbocycles. The summed E-state index contributed by atoms with van der Waals surface area (Å²) in [5.41, 5.74) is 13.1. The first-order valence-electron chi connectivity index (χ1n) is 13.2. The summed E-state index contributed by atoms with van der Waals surface area (Å²) in [6.45, 7) is 17.6. The van der Waals surface area contributed by atoms with Gasteiger partial charge in [0.05, 0.1) is 0 Å². The van der Waals surface area contributed by atoms with Crippen LogP contribution >= 0.6 is 0 Å². The van der Waals surface area contributed by atoms with E-state index in [0.717, 1.165) is 22.6 Å². The zero-order chi connectivity index (χ0) is 29.4. The second kappa shape index (κ2) is 17.8. The smallest absolute Gasteiger partial charge is 0.123 e. The van der Waals surface area contributed by atoms with E-state index in [1.165, 1.54) is 28.8 Å². The number of nitrogens with one attached hydrogen (secondary N) is 3. The molecule has 39 heavy (non-hydrogen) atoms. The molecule has 0 fully saturated rings. The molecule has 3 aromatic rings. The van der Waals surface area contributed by atoms with E-state index in [9.17, 15) is 4.39 Å². The molecule has 3 atom stereocenters. The van der Waals surface area contributed by atoms with Crippen molar-refractivity contribution in [2.75, 3.05) is 19.4 Å². The van der Waals surface area contributed by atoms with Crippen molar-refractivity contribution in [1.82, 2.24) is 10.6 Å². The molecule has 5 heteroatoms. The highest BCUT2D eigenvalue weighted by molar-refractivity contribution is 5.52. The van der Waals surface area contributed by atoms with Crippen LogP contribution in [0, 0.1) is 19.7 Å². The molecule has 0 bridgehead atoms. The Labute approximate surface area is 235 Å². The van der Waals surface area contributed by atoms with E-state index in [2.05, 4.69) is 74.1 Å². The van der Waals surface area contributed by atoms with Crippen LogP contribution in [0.1, 0.15) is 43.4 Å². The predicted molar refractivity (Wildman–Crippen MR) is 168 cm³/mol. The first kappa shape index (κ1) is 33.4. The Balaban J connectivity index is 0.000000573. The number of hydrogen-bond acceptors (Lipinski definition) is 4. The number of anilines is 1. The van der Waals surface area contributed by atoms with E-state index >= 15 is 0 Å². The molecule has 0 aliphatic carbocycles. The number of likely N-dealkylation sites (N-methyl/N-ethyl adjacent to an activating group) is 1. The van der Waals surface area contributed by atoms with Crippen molar-refractivity contribution in [2.24, 2.45) is 5.73 Å². The number of rotatable bonds is 9. The first-order valence-corrected chi connectivity index (χ1v) is 13.2. The van der Waals surface area contributed by atoms with Gasteiger partial charge in [0.1, 0.15) is 11.6 Å². The maximum Gasteiger partial charge on any atom is 0.123 e. The fraction of sp³-hybridized carbons (Fsp3) is 0.294. The lowest BCUT2D eigenvalue weighted by atomic mass is 9.81. The summed E-state index contributed by atoms with van der Waals surface area (Å²) in [5, 5.41) is 10.1. The molecule has 210 valence electrons. The van der Waals surface area contributed by atoms with E-state index in [1.807, 2.05) is 58.3 Å². The Bertz CT molecular complexity index is 1150. The molecule has 0 heterocycles. The van der Waals surface area contributed by atoms with Gasteiger partial charge in [0.25, 0.3) is 0 Å². The van der Waals surface area contributed by atoms with Gasteiger partial charge in [-0.15, -0.1) is 13.2 Å². The monoisotopic (exact) mass is 530 g/mol. The van der Waals surface area contributed by atoms with Gasteiger partial charge in [-0.3, -0.25) is 0 Å². The fourth-order valence-electron chi connectivity index (χ4n) is 3.81. The lowest BCUT2D eigenvalue weighted by Gasteiger charge is -2.32. The van der Waals surface area contributed by atoms with Crippen molar-refractivity contribution in [1.29, 1.82) is 0 Å². The van der Waals surface area contributed by atoms with Crippen LogP contribution in [-0.2, 0) is 0 Å². The highest BCUT2D eigenvalue weighted by atomic mass is 19.1. The van der Waals surface area contributed by atoms with Gasteiger partial charge >= 0.3 is 0 Å². The summed E-state index contributed by atoms with van der Waals surface area (Å²) in [6.07, 6.45) is 1.73. The molecular formula is C34H47FN4. The van der Waals surface area contributed by atoms with Gasteiger partial charge in [0.2, 0.25) is 0 Å². The highest BCUT2D eigenvalue weighted by Gasteiger charge is 2.28. The summed E-state index contributed by atoms with van der Waals surface area (Å²) in [6, 6.07) is 24.6. The minimum absolute atomic E-state index is 0.0152. The number of halogens is 1. The van der Waals surface area contributed by atoms with Gasteiger partial charge in [0, 0.05) is 30.7 Å².